The number of hydrogen-bond acceptors (Lipinski definition) is 1. The minimum Gasteiger partial charge on any atom is -0.481 e. The second-order valence-corrected chi connectivity index (χ2v) is 3.97. The number of carboxylic acids is 1. The Labute approximate surface area is 74.0 Å². The summed E-state index contributed by atoms with van der Waals surface area (Å²) in [6.45, 7) is 2.19. The molecule has 1 fully saturated rings. The molecule has 0 heterocycles. The maximum absolute atomic E-state index is 10.5. The minimum atomic E-state index is -0.631. The highest BCUT2D eigenvalue weighted by atomic mass is 16.4. The largest absolute Gasteiger partial charge is 0.481 e. The molecule has 12 heavy (non-hydrogen) atoms. The van der Waals surface area contributed by atoms with E-state index in [1.54, 1.807) is 0 Å². The summed E-state index contributed by atoms with van der Waals surface area (Å²) in [7, 11) is 0. The Kier molecular flexibility index (Phi) is 3.57. The summed E-state index contributed by atoms with van der Waals surface area (Å²) in [5.41, 5.74) is 0. The molecule has 0 spiro atoms. The van der Waals surface area contributed by atoms with Crippen molar-refractivity contribution in [2.75, 3.05) is 0 Å². The zero-order chi connectivity index (χ0) is 8.97. The van der Waals surface area contributed by atoms with Gasteiger partial charge in [0.25, 0.3) is 0 Å². The van der Waals surface area contributed by atoms with Gasteiger partial charge in [0, 0.05) is 6.42 Å². The van der Waals surface area contributed by atoms with Crippen LogP contribution >= 0.6 is 0 Å². The van der Waals surface area contributed by atoms with Gasteiger partial charge >= 0.3 is 5.97 Å². The lowest BCUT2D eigenvalue weighted by Crippen LogP contribution is -2.14. The van der Waals surface area contributed by atoms with E-state index in [1.807, 2.05) is 0 Å². The van der Waals surface area contributed by atoms with E-state index in [0.29, 0.717) is 18.3 Å². The van der Waals surface area contributed by atoms with E-state index in [1.165, 1.54) is 25.7 Å². The van der Waals surface area contributed by atoms with Crippen molar-refractivity contribution >= 4 is 5.97 Å². The van der Waals surface area contributed by atoms with Gasteiger partial charge in [-0.15, -0.1) is 0 Å². The first-order chi connectivity index (χ1) is 5.70. The van der Waals surface area contributed by atoms with Gasteiger partial charge in [0.1, 0.15) is 0 Å². The van der Waals surface area contributed by atoms with Crippen LogP contribution in [-0.2, 0) is 4.79 Å². The molecule has 0 aromatic carbocycles. The molecule has 0 aliphatic heterocycles. The van der Waals surface area contributed by atoms with Crippen LogP contribution in [0.2, 0.25) is 0 Å². The Morgan fingerprint density at radius 1 is 1.33 bits per heavy atom. The highest BCUT2D eigenvalue weighted by Crippen LogP contribution is 2.30. The van der Waals surface area contributed by atoms with Crippen molar-refractivity contribution in [2.24, 2.45) is 11.8 Å². The van der Waals surface area contributed by atoms with E-state index in [2.05, 4.69) is 6.92 Å². The predicted octanol–water partition coefficient (Wildman–Crippen LogP) is 2.68. The second kappa shape index (κ2) is 4.48. The van der Waals surface area contributed by atoms with E-state index in [-0.39, 0.29) is 0 Å². The molecule has 1 saturated carbocycles. The summed E-state index contributed by atoms with van der Waals surface area (Å²) >= 11 is 0. The van der Waals surface area contributed by atoms with Crippen molar-refractivity contribution in [1.29, 1.82) is 0 Å². The Hall–Kier alpha value is -0.530. The first-order valence-electron chi connectivity index (χ1n) is 4.92. The van der Waals surface area contributed by atoms with Gasteiger partial charge in [0.05, 0.1) is 0 Å². The van der Waals surface area contributed by atoms with E-state index in [0.717, 1.165) is 6.42 Å². The zero-order valence-electron chi connectivity index (χ0n) is 7.75. The van der Waals surface area contributed by atoms with Crippen molar-refractivity contribution in [1.82, 2.24) is 0 Å². The molecule has 0 aromatic heterocycles. The number of carboxylic acid groups (broad SMARTS) is 1. The topological polar surface area (TPSA) is 37.3 Å². The SMILES string of the molecule is CC1CCCCCC1CC(=O)O. The number of carbonyl (C=O) groups is 1. The van der Waals surface area contributed by atoms with Crippen LogP contribution in [0.25, 0.3) is 0 Å². The molecule has 2 atom stereocenters. The van der Waals surface area contributed by atoms with Crippen LogP contribution in [0.15, 0.2) is 0 Å². The maximum Gasteiger partial charge on any atom is 0.303 e. The third-order valence-corrected chi connectivity index (χ3v) is 2.98. The lowest BCUT2D eigenvalue weighted by molar-refractivity contribution is -0.138. The standard InChI is InChI=1S/C10H18O2/c1-8-5-3-2-4-6-9(8)7-10(11)12/h8-9H,2-7H2,1H3,(H,11,12). The van der Waals surface area contributed by atoms with Crippen LogP contribution in [0.4, 0.5) is 0 Å². The second-order valence-electron chi connectivity index (χ2n) is 3.97. The fourth-order valence-corrected chi connectivity index (χ4v) is 2.10. The molecule has 0 radical (unpaired) electrons. The van der Waals surface area contributed by atoms with Gasteiger partial charge < -0.3 is 5.11 Å². The smallest absolute Gasteiger partial charge is 0.303 e. The fraction of sp³-hybridized carbons (Fsp3) is 0.900. The van der Waals surface area contributed by atoms with Gasteiger partial charge in [0.15, 0.2) is 0 Å². The van der Waals surface area contributed by atoms with Gasteiger partial charge in [0.2, 0.25) is 0 Å². The summed E-state index contributed by atoms with van der Waals surface area (Å²) in [6.07, 6.45) is 6.52. The first-order valence-corrected chi connectivity index (χ1v) is 4.92. The van der Waals surface area contributed by atoms with E-state index < -0.39 is 5.97 Å². The molecule has 0 bridgehead atoms. The van der Waals surface area contributed by atoms with Crippen LogP contribution in [-0.4, -0.2) is 11.1 Å². The Bertz CT molecular complexity index is 154. The number of aliphatic carboxylic acids is 1. The molecule has 70 valence electrons. The maximum atomic E-state index is 10.5. The molecule has 2 nitrogen and oxygen atoms in total. The highest BCUT2D eigenvalue weighted by molar-refractivity contribution is 5.67. The summed E-state index contributed by atoms with van der Waals surface area (Å²) in [5.74, 6) is 0.419. The lowest BCUT2D eigenvalue weighted by atomic mass is 9.87. The molecule has 1 rings (SSSR count). The van der Waals surface area contributed by atoms with Crippen LogP contribution in [0.1, 0.15) is 45.4 Å². The molecule has 2 unspecified atom stereocenters. The van der Waals surface area contributed by atoms with Crippen molar-refractivity contribution in [3.8, 4) is 0 Å². The van der Waals surface area contributed by atoms with Gasteiger partial charge in [-0.2, -0.15) is 0 Å². The average molecular weight is 170 g/mol. The average Bonchev–Trinajstić information content (AvgIpc) is 2.16. The Morgan fingerprint density at radius 2 is 2.00 bits per heavy atom. The summed E-state index contributed by atoms with van der Waals surface area (Å²) in [6, 6.07) is 0. The third-order valence-electron chi connectivity index (χ3n) is 2.98. The van der Waals surface area contributed by atoms with Crippen molar-refractivity contribution in [3.63, 3.8) is 0 Å². The number of hydrogen-bond donors (Lipinski definition) is 1. The van der Waals surface area contributed by atoms with Gasteiger partial charge in [-0.1, -0.05) is 32.6 Å². The highest BCUT2D eigenvalue weighted by Gasteiger charge is 2.21. The van der Waals surface area contributed by atoms with Crippen LogP contribution < -0.4 is 0 Å². The fourth-order valence-electron chi connectivity index (χ4n) is 2.10. The van der Waals surface area contributed by atoms with Gasteiger partial charge in [-0.3, -0.25) is 4.79 Å². The molecule has 0 saturated heterocycles. The van der Waals surface area contributed by atoms with Gasteiger partial charge in [-0.25, -0.2) is 0 Å². The normalized spacial score (nSPS) is 31.1. The first kappa shape index (κ1) is 9.56. The molecule has 0 amide bonds. The van der Waals surface area contributed by atoms with Crippen molar-refractivity contribution in [2.45, 2.75) is 45.4 Å². The van der Waals surface area contributed by atoms with Crippen LogP contribution in [0, 0.1) is 11.8 Å². The van der Waals surface area contributed by atoms with E-state index >= 15 is 0 Å². The lowest BCUT2D eigenvalue weighted by Gasteiger charge is -2.18. The van der Waals surface area contributed by atoms with E-state index in [9.17, 15) is 4.79 Å². The quantitative estimate of drug-likeness (QED) is 0.647. The summed E-state index contributed by atoms with van der Waals surface area (Å²) < 4.78 is 0. The van der Waals surface area contributed by atoms with Crippen LogP contribution in [0.5, 0.6) is 0 Å². The van der Waals surface area contributed by atoms with E-state index in [4.69, 9.17) is 5.11 Å². The molecular weight excluding hydrogens is 152 g/mol. The Balaban J connectivity index is 2.41. The minimum absolute atomic E-state index is 0.376. The molecular formula is C10H18O2. The molecule has 1 aliphatic carbocycles. The zero-order valence-corrected chi connectivity index (χ0v) is 7.75. The van der Waals surface area contributed by atoms with Gasteiger partial charge in [-0.05, 0) is 18.3 Å². The van der Waals surface area contributed by atoms with Crippen LogP contribution in [0.3, 0.4) is 0 Å². The summed E-state index contributed by atoms with van der Waals surface area (Å²) in [5, 5.41) is 8.68. The van der Waals surface area contributed by atoms with Crippen molar-refractivity contribution in [3.05, 3.63) is 0 Å². The predicted molar refractivity (Wildman–Crippen MR) is 48.0 cm³/mol. The third kappa shape index (κ3) is 2.84. The molecule has 1 N–H and O–H groups in total. The summed E-state index contributed by atoms with van der Waals surface area (Å²) in [4.78, 5) is 10.5. The molecule has 2 heteroatoms. The van der Waals surface area contributed by atoms with Crippen molar-refractivity contribution < 1.29 is 9.90 Å². The Morgan fingerprint density at radius 3 is 2.67 bits per heavy atom. The molecule has 1 aliphatic rings. The number of rotatable bonds is 2. The monoisotopic (exact) mass is 170 g/mol. The molecule has 0 aromatic rings.